The lowest BCUT2D eigenvalue weighted by atomic mass is 9.96. The normalized spacial score (nSPS) is 12.2. The largest absolute Gasteiger partial charge is 0.481 e. The maximum Gasteiger partial charge on any atom is 0.308 e. The number of amides is 1. The first kappa shape index (κ1) is 17.9. The number of carbonyl (C=O) groups excluding carboxylic acids is 1. The molecule has 0 aromatic heterocycles. The van der Waals surface area contributed by atoms with Gasteiger partial charge in [-0.2, -0.15) is 0 Å². The molecular formula is C15H20ClNO3S. The molecule has 0 aliphatic heterocycles. The van der Waals surface area contributed by atoms with E-state index in [1.807, 2.05) is 32.0 Å². The molecule has 1 rings (SSSR count). The molecule has 1 amide bonds. The van der Waals surface area contributed by atoms with Crippen molar-refractivity contribution in [2.75, 3.05) is 12.3 Å². The summed E-state index contributed by atoms with van der Waals surface area (Å²) in [7, 11) is 0. The number of hydrogen-bond acceptors (Lipinski definition) is 3. The summed E-state index contributed by atoms with van der Waals surface area (Å²) in [5, 5.41) is 12.4. The van der Waals surface area contributed by atoms with Gasteiger partial charge in [0, 0.05) is 17.3 Å². The van der Waals surface area contributed by atoms with Crippen LogP contribution in [0.3, 0.4) is 0 Å². The Morgan fingerprint density at radius 2 is 2.10 bits per heavy atom. The topological polar surface area (TPSA) is 66.4 Å². The molecule has 0 aliphatic carbocycles. The van der Waals surface area contributed by atoms with E-state index in [2.05, 4.69) is 5.32 Å². The monoisotopic (exact) mass is 329 g/mol. The van der Waals surface area contributed by atoms with Crippen LogP contribution in [0.4, 0.5) is 0 Å². The summed E-state index contributed by atoms with van der Waals surface area (Å²) in [6, 6.07) is 7.50. The SMILES string of the molecule is CC(C)C(CNC(=O)CSCc1cccc(Cl)c1)C(=O)O. The minimum atomic E-state index is -0.878. The fourth-order valence-corrected chi connectivity index (χ4v) is 2.79. The van der Waals surface area contributed by atoms with Gasteiger partial charge in [-0.1, -0.05) is 37.6 Å². The Morgan fingerprint density at radius 3 is 2.67 bits per heavy atom. The summed E-state index contributed by atoms with van der Waals surface area (Å²) < 4.78 is 0. The van der Waals surface area contributed by atoms with E-state index in [9.17, 15) is 9.59 Å². The van der Waals surface area contributed by atoms with Crippen molar-refractivity contribution in [2.24, 2.45) is 11.8 Å². The van der Waals surface area contributed by atoms with E-state index in [1.165, 1.54) is 11.8 Å². The second kappa shape index (κ2) is 8.95. The van der Waals surface area contributed by atoms with Crippen molar-refractivity contribution in [3.63, 3.8) is 0 Å². The third kappa shape index (κ3) is 6.87. The molecule has 0 aliphatic rings. The highest BCUT2D eigenvalue weighted by Crippen LogP contribution is 2.16. The molecule has 4 nitrogen and oxygen atoms in total. The van der Waals surface area contributed by atoms with Gasteiger partial charge in [-0.15, -0.1) is 11.8 Å². The van der Waals surface area contributed by atoms with E-state index < -0.39 is 11.9 Å². The van der Waals surface area contributed by atoms with Gasteiger partial charge >= 0.3 is 5.97 Å². The van der Waals surface area contributed by atoms with Crippen molar-refractivity contribution in [3.8, 4) is 0 Å². The Bertz CT molecular complexity index is 494. The van der Waals surface area contributed by atoms with E-state index in [-0.39, 0.29) is 18.4 Å². The number of thioether (sulfide) groups is 1. The molecule has 0 fully saturated rings. The number of nitrogens with one attached hydrogen (secondary N) is 1. The fourth-order valence-electron chi connectivity index (χ4n) is 1.77. The molecule has 1 atom stereocenters. The Hall–Kier alpha value is -1.20. The van der Waals surface area contributed by atoms with Crippen molar-refractivity contribution in [3.05, 3.63) is 34.9 Å². The van der Waals surface area contributed by atoms with Gasteiger partial charge in [0.1, 0.15) is 0 Å². The summed E-state index contributed by atoms with van der Waals surface area (Å²) >= 11 is 7.36. The lowest BCUT2D eigenvalue weighted by Gasteiger charge is -2.16. The Morgan fingerprint density at radius 1 is 1.38 bits per heavy atom. The Kier molecular flexibility index (Phi) is 7.61. The second-order valence-corrected chi connectivity index (χ2v) is 6.54. The van der Waals surface area contributed by atoms with E-state index >= 15 is 0 Å². The number of hydrogen-bond donors (Lipinski definition) is 2. The Balaban J connectivity index is 2.29. The zero-order chi connectivity index (χ0) is 15.8. The standard InChI is InChI=1S/C15H20ClNO3S/c1-10(2)13(15(19)20)7-17-14(18)9-21-8-11-4-3-5-12(16)6-11/h3-6,10,13H,7-9H2,1-2H3,(H,17,18)(H,19,20). The minimum absolute atomic E-state index is 0.0121. The molecule has 0 spiro atoms. The van der Waals surface area contributed by atoms with Gasteiger partial charge in [-0.25, -0.2) is 0 Å². The first-order valence-electron chi connectivity index (χ1n) is 6.72. The molecule has 1 unspecified atom stereocenters. The molecular weight excluding hydrogens is 310 g/mol. The van der Waals surface area contributed by atoms with Crippen LogP contribution < -0.4 is 5.32 Å². The van der Waals surface area contributed by atoms with Crippen LogP contribution in [-0.2, 0) is 15.3 Å². The van der Waals surface area contributed by atoms with E-state index in [1.54, 1.807) is 6.07 Å². The van der Waals surface area contributed by atoms with E-state index in [0.29, 0.717) is 16.5 Å². The molecule has 0 saturated heterocycles. The van der Waals surface area contributed by atoms with Crippen LogP contribution in [0, 0.1) is 11.8 Å². The molecule has 6 heteroatoms. The van der Waals surface area contributed by atoms with Crippen molar-refractivity contribution in [1.29, 1.82) is 0 Å². The number of benzene rings is 1. The molecule has 0 radical (unpaired) electrons. The Labute approximate surface area is 134 Å². The lowest BCUT2D eigenvalue weighted by molar-refractivity contribution is -0.143. The van der Waals surface area contributed by atoms with Crippen LogP contribution >= 0.6 is 23.4 Å². The molecule has 116 valence electrons. The summed E-state index contributed by atoms with van der Waals surface area (Å²) in [4.78, 5) is 22.7. The molecule has 21 heavy (non-hydrogen) atoms. The highest BCUT2D eigenvalue weighted by atomic mass is 35.5. The van der Waals surface area contributed by atoms with Crippen LogP contribution in [0.15, 0.2) is 24.3 Å². The molecule has 1 aromatic rings. The molecule has 0 bridgehead atoms. The minimum Gasteiger partial charge on any atom is -0.481 e. The number of carboxylic acid groups (broad SMARTS) is 1. The van der Waals surface area contributed by atoms with Crippen LogP contribution in [0.5, 0.6) is 0 Å². The quantitative estimate of drug-likeness (QED) is 0.769. The van der Waals surface area contributed by atoms with Crippen LogP contribution in [0.1, 0.15) is 19.4 Å². The summed E-state index contributed by atoms with van der Waals surface area (Å²) in [6.07, 6.45) is 0. The maximum absolute atomic E-state index is 11.7. The third-order valence-corrected chi connectivity index (χ3v) is 4.27. The summed E-state index contributed by atoms with van der Waals surface area (Å²) in [5.74, 6) is -0.586. The van der Waals surface area contributed by atoms with E-state index in [4.69, 9.17) is 16.7 Å². The average molecular weight is 330 g/mol. The predicted molar refractivity (Wildman–Crippen MR) is 86.6 cm³/mol. The van der Waals surface area contributed by atoms with Crippen molar-refractivity contribution in [2.45, 2.75) is 19.6 Å². The fraction of sp³-hybridized carbons (Fsp3) is 0.467. The number of rotatable bonds is 8. The highest BCUT2D eigenvalue weighted by Gasteiger charge is 2.21. The van der Waals surface area contributed by atoms with Gasteiger partial charge in [0.15, 0.2) is 0 Å². The van der Waals surface area contributed by atoms with Gasteiger partial charge in [-0.05, 0) is 23.6 Å². The molecule has 0 saturated carbocycles. The van der Waals surface area contributed by atoms with Gasteiger partial charge < -0.3 is 10.4 Å². The van der Waals surface area contributed by atoms with Crippen LogP contribution in [0.2, 0.25) is 5.02 Å². The van der Waals surface area contributed by atoms with Crippen molar-refractivity contribution < 1.29 is 14.7 Å². The lowest BCUT2D eigenvalue weighted by Crippen LogP contribution is -2.36. The predicted octanol–water partition coefficient (Wildman–Crippen LogP) is 3.05. The number of halogens is 1. The van der Waals surface area contributed by atoms with Gasteiger partial charge in [0.2, 0.25) is 5.91 Å². The smallest absolute Gasteiger partial charge is 0.308 e. The highest BCUT2D eigenvalue weighted by molar-refractivity contribution is 7.99. The van der Waals surface area contributed by atoms with Gasteiger partial charge in [0.25, 0.3) is 0 Å². The van der Waals surface area contributed by atoms with Gasteiger partial charge in [0.05, 0.1) is 11.7 Å². The number of aliphatic carboxylic acids is 1. The third-order valence-electron chi connectivity index (χ3n) is 3.03. The van der Waals surface area contributed by atoms with Crippen molar-refractivity contribution >= 4 is 35.2 Å². The second-order valence-electron chi connectivity index (χ2n) is 5.12. The zero-order valence-electron chi connectivity index (χ0n) is 12.1. The zero-order valence-corrected chi connectivity index (χ0v) is 13.7. The molecule has 2 N–H and O–H groups in total. The summed E-state index contributed by atoms with van der Waals surface area (Å²) in [5.41, 5.74) is 1.06. The maximum atomic E-state index is 11.7. The first-order valence-corrected chi connectivity index (χ1v) is 8.25. The summed E-state index contributed by atoms with van der Waals surface area (Å²) in [6.45, 7) is 3.83. The van der Waals surface area contributed by atoms with Gasteiger partial charge in [-0.3, -0.25) is 9.59 Å². The van der Waals surface area contributed by atoms with Crippen LogP contribution in [-0.4, -0.2) is 29.3 Å². The number of carboxylic acids is 1. The number of carbonyl (C=O) groups is 2. The van der Waals surface area contributed by atoms with Crippen molar-refractivity contribution in [1.82, 2.24) is 5.32 Å². The first-order chi connectivity index (χ1) is 9.90. The van der Waals surface area contributed by atoms with E-state index in [0.717, 1.165) is 5.56 Å². The average Bonchev–Trinajstić information content (AvgIpc) is 2.38. The van der Waals surface area contributed by atoms with Crippen LogP contribution in [0.25, 0.3) is 0 Å². The molecule has 0 heterocycles. The molecule has 1 aromatic carbocycles.